The molecule has 1 amide bonds. The first-order valence-corrected chi connectivity index (χ1v) is 7.57. The fourth-order valence-corrected chi connectivity index (χ4v) is 2.54. The number of carbonyl (C=O) groups is 1. The number of nitrogens with zero attached hydrogens (tertiary/aromatic N) is 2. The van der Waals surface area contributed by atoms with Crippen molar-refractivity contribution in [2.45, 2.75) is 39.3 Å². The van der Waals surface area contributed by atoms with Crippen LogP contribution in [0.25, 0.3) is 0 Å². The number of thiazole rings is 1. The Hall–Kier alpha value is -1.63. The summed E-state index contributed by atoms with van der Waals surface area (Å²) in [7, 11) is 1.69. The second kappa shape index (κ2) is 6.69. The van der Waals surface area contributed by atoms with Crippen molar-refractivity contribution in [3.63, 3.8) is 0 Å². The van der Waals surface area contributed by atoms with Gasteiger partial charge in [-0.3, -0.25) is 9.79 Å². The molecule has 110 valence electrons. The average molecular weight is 295 g/mol. The zero-order chi connectivity index (χ0) is 14.5. The predicted molar refractivity (Wildman–Crippen MR) is 81.0 cm³/mol. The lowest BCUT2D eigenvalue weighted by Crippen LogP contribution is -2.43. The van der Waals surface area contributed by atoms with Gasteiger partial charge in [0.15, 0.2) is 5.96 Å². The molecule has 1 heterocycles. The molecular formula is C13H21N5OS. The summed E-state index contributed by atoms with van der Waals surface area (Å²) in [6.45, 7) is 4.92. The normalized spacial score (nSPS) is 15.1. The Morgan fingerprint density at radius 3 is 2.70 bits per heavy atom. The fourth-order valence-electron chi connectivity index (χ4n) is 1.67. The van der Waals surface area contributed by atoms with Crippen molar-refractivity contribution in [1.29, 1.82) is 0 Å². The lowest BCUT2D eigenvalue weighted by molar-refractivity contribution is -0.120. The highest BCUT2D eigenvalue weighted by molar-refractivity contribution is 7.11. The first-order chi connectivity index (χ1) is 9.58. The summed E-state index contributed by atoms with van der Waals surface area (Å²) in [6.07, 6.45) is 2.20. The molecule has 0 spiro atoms. The van der Waals surface area contributed by atoms with E-state index in [2.05, 4.69) is 32.9 Å². The van der Waals surface area contributed by atoms with E-state index in [1.54, 1.807) is 18.4 Å². The molecule has 0 aromatic carbocycles. The van der Waals surface area contributed by atoms with E-state index in [1.165, 1.54) is 4.88 Å². The molecule has 0 saturated heterocycles. The van der Waals surface area contributed by atoms with Crippen LogP contribution in [0.2, 0.25) is 0 Å². The van der Waals surface area contributed by atoms with E-state index in [0.29, 0.717) is 18.5 Å². The van der Waals surface area contributed by atoms with Crippen LogP contribution in [0.3, 0.4) is 0 Å². The Labute approximate surface area is 123 Å². The Kier molecular flexibility index (Phi) is 4.94. The van der Waals surface area contributed by atoms with Crippen LogP contribution >= 0.6 is 11.3 Å². The predicted octanol–water partition coefficient (Wildman–Crippen LogP) is 0.704. The lowest BCUT2D eigenvalue weighted by Gasteiger charge is -2.10. The monoisotopic (exact) mass is 295 g/mol. The van der Waals surface area contributed by atoms with Crippen LogP contribution in [0, 0.1) is 13.8 Å². The SMILES string of the molecule is CN=C(NCC(=O)NC1CC1)NCc1nc(C)c(C)s1. The molecule has 6 nitrogen and oxygen atoms in total. The van der Waals surface area contributed by atoms with Gasteiger partial charge in [0.05, 0.1) is 18.8 Å². The summed E-state index contributed by atoms with van der Waals surface area (Å²) in [5, 5.41) is 10.1. The Bertz CT molecular complexity index is 487. The molecule has 0 bridgehead atoms. The molecule has 0 unspecified atom stereocenters. The van der Waals surface area contributed by atoms with E-state index in [9.17, 15) is 4.79 Å². The first-order valence-electron chi connectivity index (χ1n) is 6.75. The largest absolute Gasteiger partial charge is 0.352 e. The van der Waals surface area contributed by atoms with Gasteiger partial charge in [0.2, 0.25) is 5.91 Å². The minimum atomic E-state index is 0.0105. The molecule has 2 rings (SSSR count). The smallest absolute Gasteiger partial charge is 0.239 e. The van der Waals surface area contributed by atoms with E-state index in [1.807, 2.05) is 6.92 Å². The minimum absolute atomic E-state index is 0.0105. The third-order valence-corrected chi connectivity index (χ3v) is 4.14. The average Bonchev–Trinajstić information content (AvgIpc) is 3.16. The van der Waals surface area contributed by atoms with Crippen LogP contribution in [-0.4, -0.2) is 36.5 Å². The quantitative estimate of drug-likeness (QED) is 0.552. The van der Waals surface area contributed by atoms with Crippen LogP contribution < -0.4 is 16.0 Å². The number of aryl methyl sites for hydroxylation is 2. The van der Waals surface area contributed by atoms with Crippen LogP contribution in [0.4, 0.5) is 0 Å². The number of hydrogen-bond donors (Lipinski definition) is 3. The van der Waals surface area contributed by atoms with E-state index >= 15 is 0 Å². The second-order valence-corrected chi connectivity index (χ2v) is 6.16. The van der Waals surface area contributed by atoms with Crippen molar-refractivity contribution in [2.75, 3.05) is 13.6 Å². The Balaban J connectivity index is 1.73. The summed E-state index contributed by atoms with van der Waals surface area (Å²) >= 11 is 1.67. The van der Waals surface area contributed by atoms with Gasteiger partial charge in [-0.2, -0.15) is 0 Å². The summed E-state index contributed by atoms with van der Waals surface area (Å²) < 4.78 is 0. The summed E-state index contributed by atoms with van der Waals surface area (Å²) in [4.78, 5) is 21.3. The molecule has 1 saturated carbocycles. The maximum Gasteiger partial charge on any atom is 0.239 e. The van der Waals surface area contributed by atoms with Crippen molar-refractivity contribution in [2.24, 2.45) is 4.99 Å². The molecule has 0 aliphatic heterocycles. The van der Waals surface area contributed by atoms with Gasteiger partial charge in [0.1, 0.15) is 5.01 Å². The molecule has 7 heteroatoms. The number of hydrogen-bond acceptors (Lipinski definition) is 4. The number of aliphatic imine (C=N–C) groups is 1. The van der Waals surface area contributed by atoms with Crippen LogP contribution in [0.5, 0.6) is 0 Å². The second-order valence-electron chi connectivity index (χ2n) is 4.87. The third kappa shape index (κ3) is 4.48. The number of carbonyl (C=O) groups excluding carboxylic acids is 1. The molecule has 20 heavy (non-hydrogen) atoms. The third-order valence-electron chi connectivity index (χ3n) is 3.06. The van der Waals surface area contributed by atoms with Crippen molar-refractivity contribution in [3.05, 3.63) is 15.6 Å². The van der Waals surface area contributed by atoms with Gasteiger partial charge >= 0.3 is 0 Å². The minimum Gasteiger partial charge on any atom is -0.352 e. The van der Waals surface area contributed by atoms with Gasteiger partial charge < -0.3 is 16.0 Å². The molecule has 1 fully saturated rings. The summed E-state index contributed by atoms with van der Waals surface area (Å²) in [5.74, 6) is 0.623. The number of aromatic nitrogens is 1. The summed E-state index contributed by atoms with van der Waals surface area (Å²) in [5.41, 5.74) is 1.07. The molecule has 1 aromatic rings. The van der Waals surface area contributed by atoms with Gasteiger partial charge in [-0.15, -0.1) is 11.3 Å². The van der Waals surface area contributed by atoms with E-state index < -0.39 is 0 Å². The van der Waals surface area contributed by atoms with E-state index in [4.69, 9.17) is 0 Å². The van der Waals surface area contributed by atoms with Crippen molar-refractivity contribution in [3.8, 4) is 0 Å². The molecule has 1 aliphatic carbocycles. The number of rotatable bonds is 5. The van der Waals surface area contributed by atoms with Gasteiger partial charge in [0.25, 0.3) is 0 Å². The van der Waals surface area contributed by atoms with E-state index in [0.717, 1.165) is 23.5 Å². The lowest BCUT2D eigenvalue weighted by atomic mass is 10.4. The topological polar surface area (TPSA) is 78.4 Å². The van der Waals surface area contributed by atoms with Crippen molar-refractivity contribution < 1.29 is 4.79 Å². The van der Waals surface area contributed by atoms with Crippen LogP contribution in [0.1, 0.15) is 28.4 Å². The maximum absolute atomic E-state index is 11.6. The molecule has 1 aromatic heterocycles. The van der Waals surface area contributed by atoms with Gasteiger partial charge in [-0.1, -0.05) is 0 Å². The summed E-state index contributed by atoms with van der Waals surface area (Å²) in [6, 6.07) is 0.389. The van der Waals surface area contributed by atoms with Gasteiger partial charge in [-0.25, -0.2) is 4.98 Å². The highest BCUT2D eigenvalue weighted by Gasteiger charge is 2.22. The highest BCUT2D eigenvalue weighted by Crippen LogP contribution is 2.18. The van der Waals surface area contributed by atoms with Crippen LogP contribution in [0.15, 0.2) is 4.99 Å². The Morgan fingerprint density at radius 1 is 1.40 bits per heavy atom. The van der Waals surface area contributed by atoms with Crippen molar-refractivity contribution >= 4 is 23.2 Å². The highest BCUT2D eigenvalue weighted by atomic mass is 32.1. The molecule has 3 N–H and O–H groups in total. The van der Waals surface area contributed by atoms with Gasteiger partial charge in [0, 0.05) is 18.0 Å². The zero-order valence-corrected chi connectivity index (χ0v) is 12.9. The number of nitrogens with one attached hydrogen (secondary N) is 3. The standard InChI is InChI=1S/C13H21N5OS/c1-8-9(2)20-12(17-8)7-16-13(14-3)15-6-11(19)18-10-4-5-10/h10H,4-7H2,1-3H3,(H,18,19)(H2,14,15,16). The van der Waals surface area contributed by atoms with Crippen molar-refractivity contribution in [1.82, 2.24) is 20.9 Å². The fraction of sp³-hybridized carbons (Fsp3) is 0.615. The molecular weight excluding hydrogens is 274 g/mol. The Morgan fingerprint density at radius 2 is 2.15 bits per heavy atom. The zero-order valence-electron chi connectivity index (χ0n) is 12.1. The van der Waals surface area contributed by atoms with E-state index in [-0.39, 0.29) is 12.5 Å². The number of amides is 1. The first kappa shape index (κ1) is 14.8. The molecule has 0 atom stereocenters. The molecule has 0 radical (unpaired) electrons. The van der Waals surface area contributed by atoms with Gasteiger partial charge in [-0.05, 0) is 26.7 Å². The van der Waals surface area contributed by atoms with Crippen LogP contribution in [-0.2, 0) is 11.3 Å². The molecule has 1 aliphatic rings. The number of guanidine groups is 1. The maximum atomic E-state index is 11.6.